The van der Waals surface area contributed by atoms with Crippen LogP contribution in [0, 0.1) is 13.8 Å². The first kappa shape index (κ1) is 21.7. The Bertz CT molecular complexity index is 1290. The van der Waals surface area contributed by atoms with Gasteiger partial charge in [-0.25, -0.2) is 4.98 Å². The van der Waals surface area contributed by atoms with Crippen molar-refractivity contribution in [2.24, 2.45) is 0 Å². The van der Waals surface area contributed by atoms with Gasteiger partial charge in [-0.2, -0.15) is 0 Å². The molecule has 4 aromatic rings. The lowest BCUT2D eigenvalue weighted by molar-refractivity contribution is -0.117. The molecule has 6 heteroatoms. The summed E-state index contributed by atoms with van der Waals surface area (Å²) in [5.41, 5.74) is 5.33. The number of amides is 1. The normalized spacial score (nSPS) is 16.0. The molecule has 0 spiro atoms. The topological polar surface area (TPSA) is 47.4 Å². The van der Waals surface area contributed by atoms with Gasteiger partial charge in [0.1, 0.15) is 18.2 Å². The standard InChI is InChI=1S/C27H26BrN3O2/c1-18-13-19(2)15-23(14-18)33-12-11-30-25-6-4-3-5-24(25)29-27(30)20-16-26(32)31(17-20)22-9-7-21(28)8-10-22/h3-10,13-15,20H,11-12,16-17H2,1-2H3. The van der Waals surface area contributed by atoms with Crippen molar-refractivity contribution in [3.8, 4) is 5.75 Å². The van der Waals surface area contributed by atoms with Crippen LogP contribution in [0.25, 0.3) is 11.0 Å². The number of fused-ring (bicyclic) bond motifs is 1. The van der Waals surface area contributed by atoms with Crippen molar-refractivity contribution in [1.82, 2.24) is 9.55 Å². The van der Waals surface area contributed by atoms with E-state index in [1.54, 1.807) is 0 Å². The highest BCUT2D eigenvalue weighted by molar-refractivity contribution is 9.10. The Balaban J connectivity index is 1.40. The maximum atomic E-state index is 12.9. The van der Waals surface area contributed by atoms with E-state index >= 15 is 0 Å². The Morgan fingerprint density at radius 3 is 2.52 bits per heavy atom. The zero-order valence-electron chi connectivity index (χ0n) is 18.8. The van der Waals surface area contributed by atoms with Crippen LogP contribution in [0.5, 0.6) is 5.75 Å². The molecule has 0 radical (unpaired) electrons. The van der Waals surface area contributed by atoms with Crippen LogP contribution in [0.2, 0.25) is 0 Å². The summed E-state index contributed by atoms with van der Waals surface area (Å²) in [6, 6.07) is 22.3. The van der Waals surface area contributed by atoms with E-state index in [1.807, 2.05) is 47.4 Å². The van der Waals surface area contributed by atoms with Gasteiger partial charge >= 0.3 is 0 Å². The van der Waals surface area contributed by atoms with Crippen molar-refractivity contribution in [3.05, 3.63) is 88.2 Å². The third-order valence-electron chi connectivity index (χ3n) is 6.09. The molecular formula is C27H26BrN3O2. The number of carbonyl (C=O) groups excluding carboxylic acids is 1. The average molecular weight is 504 g/mol. The van der Waals surface area contributed by atoms with E-state index in [0.29, 0.717) is 26.1 Å². The molecule has 0 N–H and O–H groups in total. The second kappa shape index (κ2) is 9.02. The number of aryl methyl sites for hydroxylation is 2. The molecule has 1 fully saturated rings. The molecule has 1 aliphatic heterocycles. The van der Waals surface area contributed by atoms with Crippen LogP contribution in [-0.4, -0.2) is 28.6 Å². The van der Waals surface area contributed by atoms with E-state index in [-0.39, 0.29) is 11.8 Å². The summed E-state index contributed by atoms with van der Waals surface area (Å²) < 4.78 is 9.32. The van der Waals surface area contributed by atoms with E-state index < -0.39 is 0 Å². The Morgan fingerprint density at radius 1 is 1.03 bits per heavy atom. The fourth-order valence-electron chi connectivity index (χ4n) is 4.66. The minimum Gasteiger partial charge on any atom is -0.492 e. The molecular weight excluding hydrogens is 478 g/mol. The van der Waals surface area contributed by atoms with Gasteiger partial charge < -0.3 is 14.2 Å². The van der Waals surface area contributed by atoms with Gasteiger partial charge in [0.25, 0.3) is 0 Å². The molecule has 5 rings (SSSR count). The SMILES string of the molecule is Cc1cc(C)cc(OCCn2c(C3CC(=O)N(c4ccc(Br)cc4)C3)nc3ccccc32)c1. The third-order valence-corrected chi connectivity index (χ3v) is 6.62. The van der Waals surface area contributed by atoms with Gasteiger partial charge in [0.2, 0.25) is 5.91 Å². The molecule has 3 aromatic carbocycles. The Labute approximate surface area is 202 Å². The molecule has 0 bridgehead atoms. The van der Waals surface area contributed by atoms with E-state index in [0.717, 1.165) is 32.8 Å². The first-order chi connectivity index (χ1) is 16.0. The number of halogens is 1. The molecule has 2 heterocycles. The minimum atomic E-state index is 0.0368. The van der Waals surface area contributed by atoms with Gasteiger partial charge in [0.15, 0.2) is 0 Å². The summed E-state index contributed by atoms with van der Waals surface area (Å²) in [5, 5.41) is 0. The maximum absolute atomic E-state index is 12.9. The van der Waals surface area contributed by atoms with Crippen LogP contribution in [0.1, 0.15) is 29.3 Å². The number of ether oxygens (including phenoxy) is 1. The predicted octanol–water partition coefficient (Wildman–Crippen LogP) is 6.02. The van der Waals surface area contributed by atoms with Gasteiger partial charge in [-0.05, 0) is 73.5 Å². The van der Waals surface area contributed by atoms with Crippen LogP contribution in [0.3, 0.4) is 0 Å². The van der Waals surface area contributed by atoms with Crippen LogP contribution in [-0.2, 0) is 11.3 Å². The van der Waals surface area contributed by atoms with E-state index in [4.69, 9.17) is 9.72 Å². The van der Waals surface area contributed by atoms with E-state index in [1.165, 1.54) is 11.1 Å². The summed E-state index contributed by atoms with van der Waals surface area (Å²) in [5.74, 6) is 2.01. The third kappa shape index (κ3) is 4.53. The average Bonchev–Trinajstić information content (AvgIpc) is 3.34. The monoisotopic (exact) mass is 503 g/mol. The Morgan fingerprint density at radius 2 is 1.76 bits per heavy atom. The highest BCUT2D eigenvalue weighted by Gasteiger charge is 2.34. The zero-order valence-corrected chi connectivity index (χ0v) is 20.4. The van der Waals surface area contributed by atoms with E-state index in [2.05, 4.69) is 58.6 Å². The van der Waals surface area contributed by atoms with Crippen molar-refractivity contribution >= 4 is 38.6 Å². The molecule has 0 aliphatic carbocycles. The van der Waals surface area contributed by atoms with Gasteiger partial charge in [-0.3, -0.25) is 4.79 Å². The van der Waals surface area contributed by atoms with Crippen LogP contribution in [0.4, 0.5) is 5.69 Å². The summed E-state index contributed by atoms with van der Waals surface area (Å²) in [7, 11) is 0. The molecule has 1 atom stereocenters. The zero-order chi connectivity index (χ0) is 22.9. The maximum Gasteiger partial charge on any atom is 0.227 e. The van der Waals surface area contributed by atoms with Gasteiger partial charge in [0, 0.05) is 29.0 Å². The lowest BCUT2D eigenvalue weighted by atomic mass is 10.1. The molecule has 1 saturated heterocycles. The molecule has 33 heavy (non-hydrogen) atoms. The molecule has 168 valence electrons. The lowest BCUT2D eigenvalue weighted by Crippen LogP contribution is -2.24. The number of rotatable bonds is 6. The summed E-state index contributed by atoms with van der Waals surface area (Å²) in [4.78, 5) is 19.7. The second-order valence-electron chi connectivity index (χ2n) is 8.66. The van der Waals surface area contributed by atoms with Gasteiger partial charge in [-0.15, -0.1) is 0 Å². The number of hydrogen-bond donors (Lipinski definition) is 0. The lowest BCUT2D eigenvalue weighted by Gasteiger charge is -2.18. The van der Waals surface area contributed by atoms with Crippen LogP contribution >= 0.6 is 15.9 Å². The number of nitrogens with zero attached hydrogens (tertiary/aromatic N) is 3. The number of benzene rings is 3. The molecule has 1 aromatic heterocycles. The summed E-state index contributed by atoms with van der Waals surface area (Å²) in [6.45, 7) is 5.99. The van der Waals surface area contributed by atoms with Crippen molar-refractivity contribution in [3.63, 3.8) is 0 Å². The van der Waals surface area contributed by atoms with Crippen molar-refractivity contribution < 1.29 is 9.53 Å². The highest BCUT2D eigenvalue weighted by atomic mass is 79.9. The number of carbonyl (C=O) groups is 1. The molecule has 5 nitrogen and oxygen atoms in total. The van der Waals surface area contributed by atoms with Crippen LogP contribution < -0.4 is 9.64 Å². The first-order valence-electron chi connectivity index (χ1n) is 11.2. The predicted molar refractivity (Wildman–Crippen MR) is 135 cm³/mol. The largest absolute Gasteiger partial charge is 0.492 e. The van der Waals surface area contributed by atoms with Gasteiger partial charge in [-0.1, -0.05) is 34.1 Å². The number of imidazole rings is 1. The fourth-order valence-corrected chi connectivity index (χ4v) is 4.93. The Kier molecular flexibility index (Phi) is 5.94. The summed E-state index contributed by atoms with van der Waals surface area (Å²) in [6.07, 6.45) is 0.456. The van der Waals surface area contributed by atoms with Crippen LogP contribution in [0.15, 0.2) is 71.2 Å². The first-order valence-corrected chi connectivity index (χ1v) is 12.0. The minimum absolute atomic E-state index is 0.0368. The van der Waals surface area contributed by atoms with Crippen molar-refractivity contribution in [1.29, 1.82) is 0 Å². The smallest absolute Gasteiger partial charge is 0.227 e. The van der Waals surface area contributed by atoms with E-state index in [9.17, 15) is 4.79 Å². The van der Waals surface area contributed by atoms with Crippen molar-refractivity contribution in [2.45, 2.75) is 32.7 Å². The quantitative estimate of drug-likeness (QED) is 0.323. The number of hydrogen-bond acceptors (Lipinski definition) is 3. The fraction of sp³-hybridized carbons (Fsp3) is 0.259. The summed E-state index contributed by atoms with van der Waals surface area (Å²) >= 11 is 3.47. The molecule has 1 aliphatic rings. The molecule has 1 amide bonds. The van der Waals surface area contributed by atoms with Crippen molar-refractivity contribution in [2.75, 3.05) is 18.1 Å². The molecule has 1 unspecified atom stereocenters. The number of aromatic nitrogens is 2. The van der Waals surface area contributed by atoms with Gasteiger partial charge in [0.05, 0.1) is 17.6 Å². The Hall–Kier alpha value is -3.12. The number of anilines is 1. The second-order valence-corrected chi connectivity index (χ2v) is 9.58. The molecule has 0 saturated carbocycles. The highest BCUT2D eigenvalue weighted by Crippen LogP contribution is 2.33. The number of para-hydroxylation sites is 2.